The van der Waals surface area contributed by atoms with Crippen LogP contribution >= 0.6 is 0 Å². The van der Waals surface area contributed by atoms with Crippen LogP contribution in [0.25, 0.3) is 11.1 Å². The van der Waals surface area contributed by atoms with Gasteiger partial charge in [-0.15, -0.1) is 0 Å². The van der Waals surface area contributed by atoms with Gasteiger partial charge in [-0.05, 0) is 29.8 Å². The Morgan fingerprint density at radius 2 is 2.00 bits per heavy atom. The van der Waals surface area contributed by atoms with Crippen molar-refractivity contribution in [2.45, 2.75) is 12.6 Å². The number of fused-ring (bicyclic) bond motifs is 1. The normalized spacial score (nSPS) is 17.8. The van der Waals surface area contributed by atoms with Gasteiger partial charge in [0.1, 0.15) is 12.6 Å². The summed E-state index contributed by atoms with van der Waals surface area (Å²) in [7, 11) is 0. The lowest BCUT2D eigenvalue weighted by atomic mass is 10.1. The van der Waals surface area contributed by atoms with Gasteiger partial charge in [0.2, 0.25) is 5.91 Å². The van der Waals surface area contributed by atoms with Gasteiger partial charge in [0.25, 0.3) is 0 Å². The maximum Gasteiger partial charge on any atom is 0.420 e. The molecule has 2 aromatic heterocycles. The zero-order chi connectivity index (χ0) is 17.2. The Morgan fingerprint density at radius 1 is 1.20 bits per heavy atom. The molecule has 3 heterocycles. The lowest BCUT2D eigenvalue weighted by Gasteiger charge is -2.33. The minimum atomic E-state index is -0.520. The van der Waals surface area contributed by atoms with Crippen LogP contribution in [-0.4, -0.2) is 40.1 Å². The topological polar surface area (TPSA) is 77.6 Å². The molecule has 4 rings (SSSR count). The molecular weight excluding hydrogens is 322 g/mol. The fourth-order valence-electron chi connectivity index (χ4n) is 3.05. The zero-order valence-electron chi connectivity index (χ0n) is 13.5. The van der Waals surface area contributed by atoms with Crippen molar-refractivity contribution in [1.82, 2.24) is 14.5 Å². The van der Waals surface area contributed by atoms with Gasteiger partial charge in [0, 0.05) is 18.9 Å². The third-order valence-electron chi connectivity index (χ3n) is 4.36. The summed E-state index contributed by atoms with van der Waals surface area (Å²) in [6, 6.07) is 10.9. The van der Waals surface area contributed by atoms with E-state index in [1.807, 2.05) is 18.2 Å². The van der Waals surface area contributed by atoms with Crippen molar-refractivity contribution in [1.29, 1.82) is 0 Å². The number of morpholine rings is 1. The summed E-state index contributed by atoms with van der Waals surface area (Å²) >= 11 is 0. The van der Waals surface area contributed by atoms with Crippen molar-refractivity contribution in [3.05, 3.63) is 64.9 Å². The number of aromatic nitrogens is 2. The first kappa shape index (κ1) is 15.6. The SMILES string of the molecule is O=C(Cn1c(=O)oc2ccccc21)N1CCO[C@H](c2ccncc2)C1. The number of pyridine rings is 1. The Balaban J connectivity index is 1.52. The van der Waals surface area contributed by atoms with Gasteiger partial charge in [-0.3, -0.25) is 14.3 Å². The summed E-state index contributed by atoms with van der Waals surface area (Å²) in [6.45, 7) is 1.37. The van der Waals surface area contributed by atoms with Crippen molar-refractivity contribution in [3.63, 3.8) is 0 Å². The van der Waals surface area contributed by atoms with Crippen LogP contribution in [0.2, 0.25) is 0 Å². The molecule has 1 aliphatic heterocycles. The van der Waals surface area contributed by atoms with E-state index in [1.54, 1.807) is 35.5 Å². The molecule has 0 saturated carbocycles. The molecule has 3 aromatic rings. The highest BCUT2D eigenvalue weighted by molar-refractivity contribution is 5.79. The lowest BCUT2D eigenvalue weighted by molar-refractivity contribution is -0.139. The summed E-state index contributed by atoms with van der Waals surface area (Å²) in [6.07, 6.45) is 3.23. The molecule has 7 heteroatoms. The number of carbonyl (C=O) groups excluding carboxylic acids is 1. The molecule has 1 atom stereocenters. The summed E-state index contributed by atoms with van der Waals surface area (Å²) < 4.78 is 12.3. The van der Waals surface area contributed by atoms with Crippen LogP contribution in [0.4, 0.5) is 0 Å². The highest BCUT2D eigenvalue weighted by atomic mass is 16.5. The summed E-state index contributed by atoms with van der Waals surface area (Å²) in [5.41, 5.74) is 2.09. The molecule has 128 valence electrons. The number of carbonyl (C=O) groups is 1. The van der Waals surface area contributed by atoms with E-state index in [0.29, 0.717) is 30.8 Å². The molecule has 0 aliphatic carbocycles. The fraction of sp³-hybridized carbons (Fsp3) is 0.278. The molecule has 1 aromatic carbocycles. The molecule has 7 nitrogen and oxygen atoms in total. The molecule has 1 fully saturated rings. The molecule has 0 bridgehead atoms. The second-order valence-corrected chi connectivity index (χ2v) is 5.90. The van der Waals surface area contributed by atoms with Crippen LogP contribution in [0, 0.1) is 0 Å². The van der Waals surface area contributed by atoms with Crippen molar-refractivity contribution >= 4 is 17.0 Å². The summed E-state index contributed by atoms with van der Waals surface area (Å²) in [5, 5.41) is 0. The third-order valence-corrected chi connectivity index (χ3v) is 4.36. The second kappa shape index (κ2) is 6.52. The number of benzene rings is 1. The monoisotopic (exact) mass is 339 g/mol. The largest absolute Gasteiger partial charge is 0.420 e. The van der Waals surface area contributed by atoms with E-state index in [9.17, 15) is 9.59 Å². The molecule has 0 N–H and O–H groups in total. The number of oxazole rings is 1. The summed E-state index contributed by atoms with van der Waals surface area (Å²) in [4.78, 5) is 30.5. The van der Waals surface area contributed by atoms with Gasteiger partial charge in [-0.2, -0.15) is 0 Å². The quantitative estimate of drug-likeness (QED) is 0.724. The highest BCUT2D eigenvalue weighted by Crippen LogP contribution is 2.22. The van der Waals surface area contributed by atoms with Gasteiger partial charge in [-0.25, -0.2) is 4.79 Å². The Labute approximate surface area is 143 Å². The average molecular weight is 339 g/mol. The van der Waals surface area contributed by atoms with Crippen LogP contribution in [0.5, 0.6) is 0 Å². The van der Waals surface area contributed by atoms with Gasteiger partial charge in [-0.1, -0.05) is 12.1 Å². The first-order valence-electron chi connectivity index (χ1n) is 8.10. The minimum Gasteiger partial charge on any atom is -0.408 e. The molecular formula is C18H17N3O4. The Morgan fingerprint density at radius 3 is 2.84 bits per heavy atom. The van der Waals surface area contributed by atoms with E-state index in [-0.39, 0.29) is 18.6 Å². The van der Waals surface area contributed by atoms with Crippen molar-refractivity contribution in [2.24, 2.45) is 0 Å². The maximum absolute atomic E-state index is 12.7. The van der Waals surface area contributed by atoms with Crippen molar-refractivity contribution < 1.29 is 13.9 Å². The fourth-order valence-corrected chi connectivity index (χ4v) is 3.05. The molecule has 0 unspecified atom stereocenters. The number of hydrogen-bond acceptors (Lipinski definition) is 5. The standard InChI is InChI=1S/C18H17N3O4/c22-17(12-21-14-3-1-2-4-15(14)25-18(21)23)20-9-10-24-16(11-20)13-5-7-19-8-6-13/h1-8,16H,9-12H2/t16-/m0/s1. The van der Waals surface area contributed by atoms with Crippen LogP contribution in [0.1, 0.15) is 11.7 Å². The maximum atomic E-state index is 12.7. The summed E-state index contributed by atoms with van der Waals surface area (Å²) in [5.74, 6) is -0.649. The molecule has 25 heavy (non-hydrogen) atoms. The number of rotatable bonds is 3. The second-order valence-electron chi connectivity index (χ2n) is 5.90. The average Bonchev–Trinajstić information content (AvgIpc) is 2.98. The van der Waals surface area contributed by atoms with E-state index < -0.39 is 5.76 Å². The molecule has 0 spiro atoms. The number of hydrogen-bond donors (Lipinski definition) is 0. The lowest BCUT2D eigenvalue weighted by Crippen LogP contribution is -2.44. The van der Waals surface area contributed by atoms with Gasteiger partial charge in [0.05, 0.1) is 18.7 Å². The Kier molecular flexibility index (Phi) is 4.07. The highest BCUT2D eigenvalue weighted by Gasteiger charge is 2.26. The van der Waals surface area contributed by atoms with Crippen LogP contribution in [0.3, 0.4) is 0 Å². The Hall–Kier alpha value is -2.93. The van der Waals surface area contributed by atoms with Crippen LogP contribution in [-0.2, 0) is 16.1 Å². The van der Waals surface area contributed by atoms with Gasteiger partial charge in [0.15, 0.2) is 5.58 Å². The van der Waals surface area contributed by atoms with E-state index in [2.05, 4.69) is 4.98 Å². The third kappa shape index (κ3) is 3.06. The molecule has 1 amide bonds. The van der Waals surface area contributed by atoms with Crippen LogP contribution < -0.4 is 5.76 Å². The van der Waals surface area contributed by atoms with E-state index in [4.69, 9.17) is 9.15 Å². The van der Waals surface area contributed by atoms with E-state index >= 15 is 0 Å². The minimum absolute atomic E-state index is 0.0427. The first-order chi connectivity index (χ1) is 12.2. The smallest absolute Gasteiger partial charge is 0.408 e. The first-order valence-corrected chi connectivity index (χ1v) is 8.10. The number of para-hydroxylation sites is 2. The van der Waals surface area contributed by atoms with Crippen LogP contribution in [0.15, 0.2) is 58.0 Å². The predicted octanol–water partition coefficient (Wildman–Crippen LogP) is 1.59. The number of ether oxygens (including phenoxy) is 1. The molecule has 0 radical (unpaired) electrons. The zero-order valence-corrected chi connectivity index (χ0v) is 13.5. The van der Waals surface area contributed by atoms with Gasteiger partial charge >= 0.3 is 5.76 Å². The Bertz CT molecular complexity index is 948. The van der Waals surface area contributed by atoms with Gasteiger partial charge < -0.3 is 14.1 Å². The van der Waals surface area contributed by atoms with Crippen molar-refractivity contribution in [3.8, 4) is 0 Å². The number of amides is 1. The predicted molar refractivity (Wildman–Crippen MR) is 90.0 cm³/mol. The van der Waals surface area contributed by atoms with Crippen molar-refractivity contribution in [2.75, 3.05) is 19.7 Å². The van der Waals surface area contributed by atoms with E-state index in [1.165, 1.54) is 4.57 Å². The number of nitrogens with zero attached hydrogens (tertiary/aromatic N) is 3. The van der Waals surface area contributed by atoms with E-state index in [0.717, 1.165) is 5.56 Å². The molecule has 1 aliphatic rings. The molecule has 1 saturated heterocycles.